The number of nitrogens with zero attached hydrogens (tertiary/aromatic N) is 1. The molecule has 9 nitrogen and oxygen atoms in total. The molecule has 0 bridgehead atoms. The van der Waals surface area contributed by atoms with Crippen molar-refractivity contribution in [2.45, 2.75) is 90.8 Å². The van der Waals surface area contributed by atoms with E-state index in [0.717, 1.165) is 61.0 Å². The van der Waals surface area contributed by atoms with Gasteiger partial charge in [-0.1, -0.05) is 13.8 Å². The van der Waals surface area contributed by atoms with E-state index < -0.39 is 5.91 Å². The molecule has 9 heteroatoms. The third-order valence-electron chi connectivity index (χ3n) is 7.91. The molecule has 2 aliphatic rings. The Balaban J connectivity index is 1.46. The van der Waals surface area contributed by atoms with Gasteiger partial charge < -0.3 is 31.4 Å². The van der Waals surface area contributed by atoms with Gasteiger partial charge in [0.05, 0.1) is 5.56 Å². The summed E-state index contributed by atoms with van der Waals surface area (Å²) >= 11 is 0. The van der Waals surface area contributed by atoms with Crippen LogP contribution in [0.1, 0.15) is 91.3 Å². The average Bonchev–Trinajstić information content (AvgIpc) is 3.20. The molecule has 0 radical (unpaired) electrons. The Morgan fingerprint density at radius 3 is 2.56 bits per heavy atom. The Bertz CT molecular complexity index is 1230. The van der Waals surface area contributed by atoms with Gasteiger partial charge in [-0.3, -0.25) is 14.4 Å². The van der Waals surface area contributed by atoms with Gasteiger partial charge in [-0.25, -0.2) is 0 Å². The van der Waals surface area contributed by atoms with Crippen molar-refractivity contribution in [1.82, 2.24) is 9.88 Å². The molecule has 1 aromatic carbocycles. The van der Waals surface area contributed by atoms with Crippen molar-refractivity contribution < 1.29 is 19.1 Å². The van der Waals surface area contributed by atoms with Gasteiger partial charge in [-0.05, 0) is 94.6 Å². The van der Waals surface area contributed by atoms with E-state index in [1.54, 1.807) is 6.07 Å². The summed E-state index contributed by atoms with van der Waals surface area (Å²) in [5.41, 5.74) is 15.9. The Hall–Kier alpha value is -3.17. The smallest absolute Gasteiger partial charge is 0.323 e. The summed E-state index contributed by atoms with van der Waals surface area (Å²) in [6.07, 6.45) is 7.13. The summed E-state index contributed by atoms with van der Waals surface area (Å²) in [5, 5.41) is 6.68. The molecule has 2 aromatic rings. The number of anilines is 1. The van der Waals surface area contributed by atoms with Crippen LogP contribution in [0.15, 0.2) is 24.4 Å². The van der Waals surface area contributed by atoms with E-state index in [1.807, 2.05) is 32.2 Å². The monoisotopic (exact) mass is 537 g/mol. The van der Waals surface area contributed by atoms with E-state index >= 15 is 0 Å². The van der Waals surface area contributed by atoms with Crippen LogP contribution in [0.2, 0.25) is 0 Å². The summed E-state index contributed by atoms with van der Waals surface area (Å²) in [7, 11) is 0. The first-order valence-corrected chi connectivity index (χ1v) is 14.1. The lowest BCUT2D eigenvalue weighted by atomic mass is 9.75. The molecule has 0 spiro atoms. The van der Waals surface area contributed by atoms with Crippen LogP contribution in [0.5, 0.6) is 0 Å². The first-order chi connectivity index (χ1) is 18.5. The molecule has 4 rings (SSSR count). The molecule has 0 unspecified atom stereocenters. The number of hydrogen-bond acceptors (Lipinski definition) is 7. The number of nitrogens with two attached hydrogens (primary N) is 2. The number of ketones is 1. The first kappa shape index (κ1) is 28.8. The molecule has 0 aliphatic heterocycles. The van der Waals surface area contributed by atoms with Crippen molar-refractivity contribution in [3.8, 4) is 5.69 Å². The minimum atomic E-state index is -0.496. The largest absolute Gasteiger partial charge is 0.461 e. The molecule has 212 valence electrons. The number of amides is 1. The number of ether oxygens (including phenoxy) is 1. The second kappa shape index (κ2) is 11.9. The highest BCUT2D eigenvalue weighted by molar-refractivity contribution is 6.01. The molecule has 2 aliphatic carbocycles. The van der Waals surface area contributed by atoms with Crippen LogP contribution in [0.25, 0.3) is 5.69 Å². The fraction of sp³-hybridized carbons (Fsp3) is 0.567. The number of aromatic nitrogens is 1. The van der Waals surface area contributed by atoms with Crippen molar-refractivity contribution >= 4 is 23.3 Å². The molecular formula is C30H43N5O4. The van der Waals surface area contributed by atoms with Crippen molar-refractivity contribution in [2.75, 3.05) is 18.4 Å². The number of benzene rings is 1. The van der Waals surface area contributed by atoms with E-state index in [4.69, 9.17) is 16.2 Å². The number of hydrogen-bond donors (Lipinski definition) is 4. The predicted molar refractivity (Wildman–Crippen MR) is 152 cm³/mol. The number of carbonyl (C=O) groups is 3. The van der Waals surface area contributed by atoms with Gasteiger partial charge in [0.15, 0.2) is 5.78 Å². The maximum Gasteiger partial charge on any atom is 0.323 e. The molecule has 39 heavy (non-hydrogen) atoms. The number of nitrogens with one attached hydrogen (secondary N) is 2. The van der Waals surface area contributed by atoms with Crippen molar-refractivity contribution in [3.05, 3.63) is 46.8 Å². The second-order valence-electron chi connectivity index (χ2n) is 11.9. The normalized spacial score (nSPS) is 21.2. The zero-order valence-electron chi connectivity index (χ0n) is 23.6. The Morgan fingerprint density at radius 2 is 1.90 bits per heavy atom. The van der Waals surface area contributed by atoms with Crippen LogP contribution in [-0.4, -0.2) is 53.5 Å². The van der Waals surface area contributed by atoms with Crippen LogP contribution >= 0.6 is 0 Å². The highest BCUT2D eigenvalue weighted by Gasteiger charge is 2.35. The quantitative estimate of drug-likeness (QED) is 0.268. The Morgan fingerprint density at radius 1 is 1.18 bits per heavy atom. The molecule has 0 saturated heterocycles. The van der Waals surface area contributed by atoms with Gasteiger partial charge in [0.1, 0.15) is 12.1 Å². The fourth-order valence-corrected chi connectivity index (χ4v) is 5.84. The van der Waals surface area contributed by atoms with E-state index in [2.05, 4.69) is 29.0 Å². The third kappa shape index (κ3) is 6.70. The van der Waals surface area contributed by atoms with Gasteiger partial charge in [0.2, 0.25) is 0 Å². The number of primary amides is 1. The van der Waals surface area contributed by atoms with Gasteiger partial charge >= 0.3 is 5.97 Å². The first-order valence-electron chi connectivity index (χ1n) is 14.1. The fourth-order valence-electron chi connectivity index (χ4n) is 5.84. The molecule has 1 saturated carbocycles. The lowest BCUT2D eigenvalue weighted by Crippen LogP contribution is -2.39. The third-order valence-corrected chi connectivity index (χ3v) is 7.91. The number of carbonyl (C=O) groups excluding carboxylic acids is 3. The minimum absolute atomic E-state index is 0.110. The molecule has 1 amide bonds. The van der Waals surface area contributed by atoms with Crippen molar-refractivity contribution in [1.29, 1.82) is 0 Å². The second-order valence-corrected chi connectivity index (χ2v) is 11.9. The SMILES string of the molecule is Cc1cn(-c2ccc(C(N)=O)c(N[C@H]3CC[C@H](OC(=O)[C@H](C)NCCCN)CC3)c2)c2c1C(=O)CC(C)(C)C2. The summed E-state index contributed by atoms with van der Waals surface area (Å²) in [6.45, 7) is 9.30. The van der Waals surface area contributed by atoms with Crippen LogP contribution < -0.4 is 22.1 Å². The number of esters is 1. The summed E-state index contributed by atoms with van der Waals surface area (Å²) in [6, 6.07) is 5.35. The van der Waals surface area contributed by atoms with Crippen LogP contribution in [0.3, 0.4) is 0 Å². The van der Waals surface area contributed by atoms with Gasteiger partial charge in [-0.15, -0.1) is 0 Å². The Kier molecular flexibility index (Phi) is 8.81. The molecule has 1 atom stereocenters. The number of aryl methyl sites for hydroxylation is 1. The summed E-state index contributed by atoms with van der Waals surface area (Å²) in [5.74, 6) is -0.549. The van der Waals surface area contributed by atoms with Gasteiger partial charge in [0, 0.05) is 41.3 Å². The Labute approximate surface area is 231 Å². The van der Waals surface area contributed by atoms with E-state index in [-0.39, 0.29) is 35.4 Å². The summed E-state index contributed by atoms with van der Waals surface area (Å²) in [4.78, 5) is 37.6. The van der Waals surface area contributed by atoms with Crippen LogP contribution in [-0.2, 0) is 16.0 Å². The number of rotatable bonds is 10. The molecule has 1 aromatic heterocycles. The van der Waals surface area contributed by atoms with Gasteiger partial charge in [0.25, 0.3) is 5.91 Å². The number of fused-ring (bicyclic) bond motifs is 1. The highest BCUT2D eigenvalue weighted by Crippen LogP contribution is 2.38. The number of Topliss-reactive ketones (excluding diaryl/α,β-unsaturated/α-hetero) is 1. The van der Waals surface area contributed by atoms with E-state index in [0.29, 0.717) is 30.8 Å². The maximum absolute atomic E-state index is 12.9. The molecule has 6 N–H and O–H groups in total. The van der Waals surface area contributed by atoms with Gasteiger partial charge in [-0.2, -0.15) is 0 Å². The highest BCUT2D eigenvalue weighted by atomic mass is 16.5. The maximum atomic E-state index is 12.9. The average molecular weight is 538 g/mol. The zero-order valence-corrected chi connectivity index (χ0v) is 23.6. The standard InChI is InChI=1S/C30H43N5O4/c1-18-17-35(25-15-30(3,4)16-26(36)27(18)25)21-8-11-23(28(32)37)24(14-21)34-20-6-9-22(10-7-20)39-29(38)19(2)33-13-5-12-31/h8,11,14,17,19-20,22,33-34H,5-7,9-10,12-13,15-16,31H2,1-4H3,(H2,32,37)/t19-,20-,22-/m0/s1. The molecular weight excluding hydrogens is 494 g/mol. The van der Waals surface area contributed by atoms with Crippen LogP contribution in [0.4, 0.5) is 5.69 Å². The van der Waals surface area contributed by atoms with Crippen molar-refractivity contribution in [2.24, 2.45) is 16.9 Å². The minimum Gasteiger partial charge on any atom is -0.461 e. The predicted octanol–water partition coefficient (Wildman–Crippen LogP) is 3.63. The molecule has 1 fully saturated rings. The van der Waals surface area contributed by atoms with Crippen LogP contribution in [0, 0.1) is 12.3 Å². The zero-order chi connectivity index (χ0) is 28.3. The van der Waals surface area contributed by atoms with E-state index in [9.17, 15) is 14.4 Å². The molecule has 1 heterocycles. The lowest BCUT2D eigenvalue weighted by molar-refractivity contribution is -0.152. The topological polar surface area (TPSA) is 141 Å². The van der Waals surface area contributed by atoms with E-state index in [1.165, 1.54) is 0 Å². The lowest BCUT2D eigenvalue weighted by Gasteiger charge is -2.31. The summed E-state index contributed by atoms with van der Waals surface area (Å²) < 4.78 is 7.82. The van der Waals surface area contributed by atoms with Crippen molar-refractivity contribution in [3.63, 3.8) is 0 Å².